The maximum absolute atomic E-state index is 12.5. The van der Waals surface area contributed by atoms with Crippen molar-refractivity contribution in [2.24, 2.45) is 16.6 Å². The molecular weight excluding hydrogens is 232 g/mol. The van der Waals surface area contributed by atoms with E-state index in [1.54, 1.807) is 4.90 Å². The van der Waals surface area contributed by atoms with Crippen LogP contribution in [0.2, 0.25) is 0 Å². The molecule has 0 heterocycles. The minimum atomic E-state index is -0.733. The molecule has 0 aliphatic rings. The van der Waals surface area contributed by atoms with E-state index in [0.29, 0.717) is 6.42 Å². The smallest absolute Gasteiger partial charge is 0.235 e. The van der Waals surface area contributed by atoms with Crippen LogP contribution in [0.15, 0.2) is 0 Å². The highest BCUT2D eigenvalue weighted by atomic mass is 32.1. The van der Waals surface area contributed by atoms with E-state index >= 15 is 0 Å². The monoisotopic (exact) mass is 258 g/mol. The second kappa shape index (κ2) is 5.34. The van der Waals surface area contributed by atoms with Crippen LogP contribution in [0, 0.1) is 10.8 Å². The highest BCUT2D eigenvalue weighted by Crippen LogP contribution is 2.29. The predicted octanol–water partition coefficient (Wildman–Crippen LogP) is 2.58. The third kappa shape index (κ3) is 3.41. The summed E-state index contributed by atoms with van der Waals surface area (Å²) in [5.74, 6) is 0.00919. The summed E-state index contributed by atoms with van der Waals surface area (Å²) in [6.07, 6.45) is 0.627. The fourth-order valence-electron chi connectivity index (χ4n) is 1.58. The van der Waals surface area contributed by atoms with Crippen LogP contribution in [0.1, 0.15) is 48.0 Å². The van der Waals surface area contributed by atoms with Gasteiger partial charge in [0.1, 0.15) is 0 Å². The first-order valence-electron chi connectivity index (χ1n) is 6.05. The Bertz CT molecular complexity index is 309. The lowest BCUT2D eigenvalue weighted by molar-refractivity contribution is -0.140. The number of hydrogen-bond donors (Lipinski definition) is 1. The molecule has 0 aromatic heterocycles. The van der Waals surface area contributed by atoms with Crippen LogP contribution in [0.5, 0.6) is 0 Å². The fourth-order valence-corrected chi connectivity index (χ4v) is 1.81. The lowest BCUT2D eigenvalue weighted by atomic mass is 9.82. The van der Waals surface area contributed by atoms with Crippen LogP contribution >= 0.6 is 12.2 Å². The molecule has 0 aromatic carbocycles. The van der Waals surface area contributed by atoms with Crippen LogP contribution in [0.4, 0.5) is 0 Å². The molecule has 0 aromatic rings. The van der Waals surface area contributed by atoms with Gasteiger partial charge < -0.3 is 10.6 Å². The number of rotatable bonds is 4. The van der Waals surface area contributed by atoms with Gasteiger partial charge in [0.2, 0.25) is 5.91 Å². The Labute approximate surface area is 111 Å². The minimum absolute atomic E-state index is 0.00919. The van der Waals surface area contributed by atoms with E-state index in [1.165, 1.54) is 0 Å². The third-order valence-electron chi connectivity index (χ3n) is 3.88. The second-order valence-corrected chi connectivity index (χ2v) is 6.45. The molecule has 0 aliphatic heterocycles. The Morgan fingerprint density at radius 1 is 1.35 bits per heavy atom. The van der Waals surface area contributed by atoms with Gasteiger partial charge in [-0.15, -0.1) is 0 Å². The summed E-state index contributed by atoms with van der Waals surface area (Å²) in [4.78, 5) is 14.5. The summed E-state index contributed by atoms with van der Waals surface area (Å²) >= 11 is 5.04. The first kappa shape index (κ1) is 16.4. The highest BCUT2D eigenvalue weighted by Gasteiger charge is 2.39. The van der Waals surface area contributed by atoms with E-state index in [0.717, 1.165) is 0 Å². The predicted molar refractivity (Wildman–Crippen MR) is 76.9 cm³/mol. The van der Waals surface area contributed by atoms with Gasteiger partial charge in [-0.25, -0.2) is 0 Å². The molecular formula is C13H26N2OS. The summed E-state index contributed by atoms with van der Waals surface area (Å²) in [5, 5.41) is 0. The highest BCUT2D eigenvalue weighted by molar-refractivity contribution is 7.80. The fraction of sp³-hybridized carbons (Fsp3) is 0.846. The van der Waals surface area contributed by atoms with E-state index in [2.05, 4.69) is 20.8 Å². The van der Waals surface area contributed by atoms with Gasteiger partial charge in [-0.05, 0) is 25.7 Å². The Kier molecular flexibility index (Phi) is 5.14. The van der Waals surface area contributed by atoms with Crippen molar-refractivity contribution >= 4 is 23.1 Å². The molecule has 0 saturated carbocycles. The zero-order chi connectivity index (χ0) is 14.0. The van der Waals surface area contributed by atoms with Crippen molar-refractivity contribution in [3.8, 4) is 0 Å². The number of nitrogens with two attached hydrogens (primary N) is 1. The molecule has 2 atom stereocenters. The Morgan fingerprint density at radius 3 is 2.00 bits per heavy atom. The maximum Gasteiger partial charge on any atom is 0.235 e. The van der Waals surface area contributed by atoms with Gasteiger partial charge in [-0.3, -0.25) is 4.79 Å². The van der Waals surface area contributed by atoms with Crippen molar-refractivity contribution in [3.63, 3.8) is 0 Å². The number of carbonyl (C=O) groups excluding carboxylic acids is 1. The number of hydrogen-bond acceptors (Lipinski definition) is 2. The van der Waals surface area contributed by atoms with E-state index in [-0.39, 0.29) is 22.4 Å². The number of thiocarbonyl (C=S) groups is 1. The summed E-state index contributed by atoms with van der Waals surface area (Å²) in [6.45, 7) is 12.2. The molecule has 100 valence electrons. The van der Waals surface area contributed by atoms with Crippen molar-refractivity contribution in [3.05, 3.63) is 0 Å². The molecule has 0 bridgehead atoms. The molecule has 3 nitrogen and oxygen atoms in total. The van der Waals surface area contributed by atoms with Crippen LogP contribution in [-0.4, -0.2) is 28.9 Å². The first-order chi connectivity index (χ1) is 7.48. The standard InChI is InChI=1S/C13H26N2OS/c1-8-13(6,10(14)17)11(16)15(7)9(2)12(3,4)5/h9H,8H2,1-7H3,(H2,14,17). The van der Waals surface area contributed by atoms with E-state index in [9.17, 15) is 4.79 Å². The topological polar surface area (TPSA) is 46.3 Å². The molecule has 17 heavy (non-hydrogen) atoms. The minimum Gasteiger partial charge on any atom is -0.392 e. The normalized spacial score (nSPS) is 17.1. The number of nitrogens with zero attached hydrogens (tertiary/aromatic N) is 1. The van der Waals surface area contributed by atoms with E-state index < -0.39 is 5.41 Å². The van der Waals surface area contributed by atoms with Crippen LogP contribution in [0.25, 0.3) is 0 Å². The van der Waals surface area contributed by atoms with Crippen molar-refractivity contribution in [2.75, 3.05) is 7.05 Å². The van der Waals surface area contributed by atoms with Gasteiger partial charge in [-0.1, -0.05) is 39.9 Å². The lowest BCUT2D eigenvalue weighted by Gasteiger charge is -2.40. The summed E-state index contributed by atoms with van der Waals surface area (Å²) in [5.41, 5.74) is 5.02. The van der Waals surface area contributed by atoms with Crippen molar-refractivity contribution in [1.29, 1.82) is 0 Å². The van der Waals surface area contributed by atoms with Gasteiger partial charge in [0.25, 0.3) is 0 Å². The van der Waals surface area contributed by atoms with E-state index in [4.69, 9.17) is 18.0 Å². The van der Waals surface area contributed by atoms with E-state index in [1.807, 2.05) is 27.8 Å². The van der Waals surface area contributed by atoms with Crippen LogP contribution in [0.3, 0.4) is 0 Å². The average Bonchev–Trinajstić information content (AvgIpc) is 2.23. The zero-order valence-corrected chi connectivity index (χ0v) is 12.9. The van der Waals surface area contributed by atoms with Crippen molar-refractivity contribution in [2.45, 2.75) is 54.0 Å². The molecule has 0 rings (SSSR count). The third-order valence-corrected chi connectivity index (χ3v) is 4.33. The zero-order valence-electron chi connectivity index (χ0n) is 12.1. The summed E-state index contributed by atoms with van der Waals surface area (Å²) in [7, 11) is 1.82. The van der Waals surface area contributed by atoms with Crippen molar-refractivity contribution < 1.29 is 4.79 Å². The molecule has 0 fully saturated rings. The second-order valence-electron chi connectivity index (χ2n) is 6.01. The average molecular weight is 258 g/mol. The van der Waals surface area contributed by atoms with Crippen LogP contribution in [-0.2, 0) is 4.79 Å². The Morgan fingerprint density at radius 2 is 1.76 bits per heavy atom. The maximum atomic E-state index is 12.5. The molecule has 1 amide bonds. The lowest BCUT2D eigenvalue weighted by Crippen LogP contribution is -2.52. The SMILES string of the molecule is CCC(C)(C(=O)N(C)C(C)C(C)(C)C)C(N)=S. The summed E-state index contributed by atoms with van der Waals surface area (Å²) < 4.78 is 0. The first-order valence-corrected chi connectivity index (χ1v) is 6.46. The number of amides is 1. The van der Waals surface area contributed by atoms with Crippen LogP contribution < -0.4 is 5.73 Å². The summed E-state index contributed by atoms with van der Waals surface area (Å²) in [6, 6.07) is 0.134. The largest absolute Gasteiger partial charge is 0.392 e. The van der Waals surface area contributed by atoms with Gasteiger partial charge in [0, 0.05) is 13.1 Å². The Hall–Kier alpha value is -0.640. The Balaban J connectivity index is 5.12. The molecule has 0 spiro atoms. The molecule has 2 N–H and O–H groups in total. The molecule has 4 heteroatoms. The van der Waals surface area contributed by atoms with Gasteiger partial charge in [-0.2, -0.15) is 0 Å². The van der Waals surface area contributed by atoms with Gasteiger partial charge in [0.05, 0.1) is 10.4 Å². The molecule has 0 saturated heterocycles. The van der Waals surface area contributed by atoms with Gasteiger partial charge in [0.15, 0.2) is 0 Å². The van der Waals surface area contributed by atoms with Crippen molar-refractivity contribution in [1.82, 2.24) is 4.90 Å². The van der Waals surface area contributed by atoms with Gasteiger partial charge >= 0.3 is 0 Å². The quantitative estimate of drug-likeness (QED) is 0.788. The molecule has 0 aliphatic carbocycles. The molecule has 2 unspecified atom stereocenters. The number of carbonyl (C=O) groups is 1. The molecule has 0 radical (unpaired) electrons.